The number of aliphatic carboxylic acids is 1. The lowest BCUT2D eigenvalue weighted by Crippen LogP contribution is -2.23. The van der Waals surface area contributed by atoms with E-state index >= 15 is 0 Å². The maximum atomic E-state index is 10.5. The lowest BCUT2D eigenvalue weighted by atomic mass is 10.1. The van der Waals surface area contributed by atoms with Crippen LogP contribution in [0.15, 0.2) is 6.20 Å². The highest BCUT2D eigenvalue weighted by molar-refractivity contribution is 6.30. The quantitative estimate of drug-likeness (QED) is 0.822. The molecule has 0 radical (unpaired) electrons. The molecule has 1 heterocycles. The van der Waals surface area contributed by atoms with Crippen molar-refractivity contribution < 1.29 is 9.90 Å². The highest BCUT2D eigenvalue weighted by atomic mass is 35.5. The summed E-state index contributed by atoms with van der Waals surface area (Å²) in [5.41, 5.74) is 0.322. The monoisotopic (exact) mass is 216 g/mol. The largest absolute Gasteiger partial charge is 0.481 e. The van der Waals surface area contributed by atoms with Gasteiger partial charge in [-0.15, -0.1) is 0 Å². The lowest BCUT2D eigenvalue weighted by Gasteiger charge is -2.20. The SMILES string of the molecule is CC(C)(C)n1ncc(CC(=O)O)c1Cl. The van der Waals surface area contributed by atoms with Gasteiger partial charge >= 0.3 is 5.97 Å². The van der Waals surface area contributed by atoms with Crippen LogP contribution in [0.2, 0.25) is 5.15 Å². The predicted molar refractivity (Wildman–Crippen MR) is 53.6 cm³/mol. The van der Waals surface area contributed by atoms with Crippen LogP contribution in [-0.4, -0.2) is 20.9 Å². The number of rotatable bonds is 2. The van der Waals surface area contributed by atoms with Crippen molar-refractivity contribution in [1.29, 1.82) is 0 Å². The molecule has 0 spiro atoms. The van der Waals surface area contributed by atoms with Gasteiger partial charge in [-0.1, -0.05) is 11.6 Å². The summed E-state index contributed by atoms with van der Waals surface area (Å²) in [6, 6.07) is 0. The Morgan fingerprint density at radius 1 is 1.64 bits per heavy atom. The molecule has 0 fully saturated rings. The van der Waals surface area contributed by atoms with Gasteiger partial charge in [0.25, 0.3) is 0 Å². The van der Waals surface area contributed by atoms with Gasteiger partial charge in [0.15, 0.2) is 0 Å². The van der Waals surface area contributed by atoms with Crippen LogP contribution in [0.3, 0.4) is 0 Å². The van der Waals surface area contributed by atoms with Crippen molar-refractivity contribution in [3.05, 3.63) is 16.9 Å². The van der Waals surface area contributed by atoms with Crippen molar-refractivity contribution in [3.63, 3.8) is 0 Å². The molecule has 1 aromatic rings. The highest BCUT2D eigenvalue weighted by Gasteiger charge is 2.20. The van der Waals surface area contributed by atoms with Crippen molar-refractivity contribution in [1.82, 2.24) is 9.78 Å². The Morgan fingerprint density at radius 3 is 2.57 bits per heavy atom. The van der Waals surface area contributed by atoms with Gasteiger partial charge in [0.05, 0.1) is 18.2 Å². The third kappa shape index (κ3) is 2.26. The second kappa shape index (κ2) is 3.61. The third-order valence-corrected chi connectivity index (χ3v) is 2.16. The number of aromatic nitrogens is 2. The van der Waals surface area contributed by atoms with Gasteiger partial charge < -0.3 is 5.11 Å². The smallest absolute Gasteiger partial charge is 0.307 e. The summed E-state index contributed by atoms with van der Waals surface area (Å²) in [6.45, 7) is 5.86. The summed E-state index contributed by atoms with van der Waals surface area (Å²) < 4.78 is 1.62. The molecule has 0 bridgehead atoms. The molecule has 0 aliphatic carbocycles. The number of carboxylic acid groups (broad SMARTS) is 1. The first-order chi connectivity index (χ1) is 6.32. The van der Waals surface area contributed by atoms with Crippen LogP contribution >= 0.6 is 11.6 Å². The summed E-state index contributed by atoms with van der Waals surface area (Å²) in [7, 11) is 0. The first kappa shape index (κ1) is 11.0. The fraction of sp³-hybridized carbons (Fsp3) is 0.556. The second-order valence-electron chi connectivity index (χ2n) is 4.11. The summed E-state index contributed by atoms with van der Waals surface area (Å²) in [6.07, 6.45) is 1.41. The number of carboxylic acids is 1. The standard InChI is InChI=1S/C9H13ClN2O2/c1-9(2,3)12-8(10)6(5-11-12)4-7(13)14/h5H,4H2,1-3H3,(H,13,14). The van der Waals surface area contributed by atoms with Crippen molar-refractivity contribution in [2.75, 3.05) is 0 Å². The molecular formula is C9H13ClN2O2. The summed E-state index contributed by atoms with van der Waals surface area (Å²) in [4.78, 5) is 10.5. The molecule has 0 aliphatic rings. The Bertz CT molecular complexity index is 352. The zero-order valence-electron chi connectivity index (χ0n) is 8.41. The number of hydrogen-bond acceptors (Lipinski definition) is 2. The van der Waals surface area contributed by atoms with E-state index in [0.717, 1.165) is 0 Å². The fourth-order valence-electron chi connectivity index (χ4n) is 1.12. The average Bonchev–Trinajstić information content (AvgIpc) is 2.30. The van der Waals surface area contributed by atoms with Gasteiger partial charge in [0, 0.05) is 5.56 Å². The van der Waals surface area contributed by atoms with E-state index < -0.39 is 5.97 Å². The molecule has 1 rings (SSSR count). The maximum absolute atomic E-state index is 10.5. The maximum Gasteiger partial charge on any atom is 0.307 e. The fourth-order valence-corrected chi connectivity index (χ4v) is 1.53. The van der Waals surface area contributed by atoms with Crippen LogP contribution in [0.5, 0.6) is 0 Å². The Balaban J connectivity index is 3.03. The Morgan fingerprint density at radius 2 is 2.21 bits per heavy atom. The third-order valence-electron chi connectivity index (χ3n) is 1.76. The van der Waals surface area contributed by atoms with Gasteiger partial charge in [-0.05, 0) is 20.8 Å². The van der Waals surface area contributed by atoms with Crippen LogP contribution in [0.25, 0.3) is 0 Å². The molecule has 0 aliphatic heterocycles. The molecule has 78 valence electrons. The van der Waals surface area contributed by atoms with E-state index in [1.165, 1.54) is 6.20 Å². The molecule has 0 atom stereocenters. The van der Waals surface area contributed by atoms with E-state index in [-0.39, 0.29) is 12.0 Å². The normalized spacial score (nSPS) is 11.7. The molecule has 0 saturated heterocycles. The summed E-state index contributed by atoms with van der Waals surface area (Å²) in [5, 5.41) is 13.1. The highest BCUT2D eigenvalue weighted by Crippen LogP contribution is 2.23. The molecule has 14 heavy (non-hydrogen) atoms. The van der Waals surface area contributed by atoms with E-state index in [0.29, 0.717) is 10.7 Å². The van der Waals surface area contributed by atoms with Crippen molar-refractivity contribution in [2.24, 2.45) is 0 Å². The van der Waals surface area contributed by atoms with Crippen molar-refractivity contribution in [2.45, 2.75) is 32.7 Å². The Kier molecular flexibility index (Phi) is 2.85. The number of nitrogens with zero attached hydrogens (tertiary/aromatic N) is 2. The van der Waals surface area contributed by atoms with Gasteiger partial charge in [0.2, 0.25) is 0 Å². The van der Waals surface area contributed by atoms with E-state index in [1.54, 1.807) is 4.68 Å². The molecule has 4 nitrogen and oxygen atoms in total. The minimum absolute atomic E-state index is 0.0884. The van der Waals surface area contributed by atoms with Gasteiger partial charge in [0.1, 0.15) is 5.15 Å². The molecule has 0 unspecified atom stereocenters. The molecule has 0 aromatic carbocycles. The number of carbonyl (C=O) groups is 1. The minimum Gasteiger partial charge on any atom is -0.481 e. The van der Waals surface area contributed by atoms with E-state index in [9.17, 15) is 4.79 Å². The summed E-state index contributed by atoms with van der Waals surface area (Å²) >= 11 is 5.99. The van der Waals surface area contributed by atoms with Crippen LogP contribution in [0.1, 0.15) is 26.3 Å². The summed E-state index contributed by atoms with van der Waals surface area (Å²) in [5.74, 6) is -0.902. The Labute approximate surface area is 87.5 Å². The first-order valence-corrected chi connectivity index (χ1v) is 4.65. The van der Waals surface area contributed by atoms with Gasteiger partial charge in [-0.3, -0.25) is 4.79 Å². The zero-order valence-corrected chi connectivity index (χ0v) is 9.17. The van der Waals surface area contributed by atoms with Gasteiger partial charge in [-0.2, -0.15) is 5.10 Å². The topological polar surface area (TPSA) is 55.1 Å². The van der Waals surface area contributed by atoms with Crippen LogP contribution in [0, 0.1) is 0 Å². The predicted octanol–water partition coefficient (Wildman–Crippen LogP) is 1.92. The molecule has 1 aromatic heterocycles. The van der Waals surface area contributed by atoms with E-state index in [1.807, 2.05) is 20.8 Å². The lowest BCUT2D eigenvalue weighted by molar-refractivity contribution is -0.136. The van der Waals surface area contributed by atoms with E-state index in [2.05, 4.69) is 5.10 Å². The molecule has 1 N–H and O–H groups in total. The van der Waals surface area contributed by atoms with Gasteiger partial charge in [-0.25, -0.2) is 4.68 Å². The van der Waals surface area contributed by atoms with Crippen molar-refractivity contribution in [3.8, 4) is 0 Å². The van der Waals surface area contributed by atoms with Crippen molar-refractivity contribution >= 4 is 17.6 Å². The first-order valence-electron chi connectivity index (χ1n) is 4.27. The number of halogens is 1. The van der Waals surface area contributed by atoms with E-state index in [4.69, 9.17) is 16.7 Å². The molecular weight excluding hydrogens is 204 g/mol. The van der Waals surface area contributed by atoms with Crippen LogP contribution in [0.4, 0.5) is 0 Å². The molecule has 0 amide bonds. The average molecular weight is 217 g/mol. The van der Waals surface area contributed by atoms with Crippen LogP contribution < -0.4 is 0 Å². The minimum atomic E-state index is -0.902. The number of hydrogen-bond donors (Lipinski definition) is 1. The van der Waals surface area contributed by atoms with Crippen LogP contribution in [-0.2, 0) is 16.8 Å². The Hall–Kier alpha value is -1.03. The molecule has 0 saturated carbocycles. The second-order valence-corrected chi connectivity index (χ2v) is 4.47. The molecule has 5 heteroatoms. The zero-order chi connectivity index (χ0) is 10.9.